The molecule has 45 heavy (non-hydrogen) atoms. The molecular formula is C31H34ClN9O4. The van der Waals surface area contributed by atoms with Crippen LogP contribution in [0.15, 0.2) is 67.0 Å². The van der Waals surface area contributed by atoms with Crippen molar-refractivity contribution in [2.75, 3.05) is 55.3 Å². The van der Waals surface area contributed by atoms with Crippen LogP contribution in [-0.2, 0) is 24.9 Å². The fourth-order valence-electron chi connectivity index (χ4n) is 4.71. The topological polar surface area (TPSA) is 130 Å². The lowest BCUT2D eigenvalue weighted by Gasteiger charge is -2.36. The van der Waals surface area contributed by atoms with E-state index in [0.717, 1.165) is 5.56 Å². The Bertz CT molecular complexity index is 1740. The number of hydrogen-bond donors (Lipinski definition) is 2. The van der Waals surface area contributed by atoms with Crippen LogP contribution < -0.4 is 29.9 Å². The van der Waals surface area contributed by atoms with Gasteiger partial charge in [0.05, 0.1) is 33.0 Å². The highest BCUT2D eigenvalue weighted by atomic mass is 35.5. The number of nitrogens with zero attached hydrogens (tertiary/aromatic N) is 7. The van der Waals surface area contributed by atoms with E-state index in [1.54, 1.807) is 52.3 Å². The smallest absolute Gasteiger partial charge is 0.330 e. The van der Waals surface area contributed by atoms with Gasteiger partial charge < -0.3 is 25.0 Å². The van der Waals surface area contributed by atoms with E-state index in [1.165, 1.54) is 25.2 Å². The van der Waals surface area contributed by atoms with Crippen molar-refractivity contribution in [1.82, 2.24) is 24.6 Å². The number of nitrogens with one attached hydrogen (secondary N) is 2. The number of rotatable bonds is 11. The van der Waals surface area contributed by atoms with E-state index < -0.39 is 0 Å². The predicted octanol–water partition coefficient (Wildman–Crippen LogP) is 4.83. The molecule has 0 bridgehead atoms. The zero-order chi connectivity index (χ0) is 32.1. The number of anilines is 5. The van der Waals surface area contributed by atoms with Crippen LogP contribution in [0.5, 0.6) is 11.5 Å². The van der Waals surface area contributed by atoms with Crippen LogP contribution in [0.25, 0.3) is 0 Å². The van der Waals surface area contributed by atoms with Gasteiger partial charge in [0, 0.05) is 61.5 Å². The molecule has 2 aromatic carbocycles. The molecule has 3 heterocycles. The van der Waals surface area contributed by atoms with E-state index in [-0.39, 0.29) is 36.0 Å². The summed E-state index contributed by atoms with van der Waals surface area (Å²) >= 11 is 6.72. The molecule has 4 aromatic rings. The summed E-state index contributed by atoms with van der Waals surface area (Å²) in [6.07, 6.45) is 6.74. The van der Waals surface area contributed by atoms with Crippen LogP contribution in [0.4, 0.5) is 33.8 Å². The summed E-state index contributed by atoms with van der Waals surface area (Å²) in [5.74, 6) is 1.86. The molecule has 0 radical (unpaired) electrons. The molecule has 13 nitrogen and oxygen atoms in total. The molecule has 0 unspecified atom stereocenters. The third kappa shape index (κ3) is 7.33. The summed E-state index contributed by atoms with van der Waals surface area (Å²) in [5.41, 5.74) is 2.46. The number of methoxy groups -OCH3 is 2. The Kier molecular flexibility index (Phi) is 9.50. The average molecular weight is 632 g/mol. The van der Waals surface area contributed by atoms with Gasteiger partial charge in [0.1, 0.15) is 22.3 Å². The third-order valence-electron chi connectivity index (χ3n) is 6.86. The van der Waals surface area contributed by atoms with Crippen molar-refractivity contribution in [3.63, 3.8) is 0 Å². The molecule has 2 aromatic heterocycles. The van der Waals surface area contributed by atoms with Gasteiger partial charge in [0.15, 0.2) is 5.82 Å². The Balaban J connectivity index is 1.50. The Labute approximate surface area is 266 Å². The molecule has 3 amide bonds. The van der Waals surface area contributed by atoms with E-state index in [2.05, 4.69) is 20.7 Å². The summed E-state index contributed by atoms with van der Waals surface area (Å²) in [6, 6.07) is 12.1. The lowest BCUT2D eigenvalue weighted by atomic mass is 10.1. The molecule has 0 spiro atoms. The van der Waals surface area contributed by atoms with Crippen LogP contribution in [0.3, 0.4) is 0 Å². The molecule has 234 valence electrons. The number of carbonyl (C=O) groups excluding carboxylic acids is 2. The van der Waals surface area contributed by atoms with Gasteiger partial charge in [-0.3, -0.25) is 19.3 Å². The number of fused-ring (bicyclic) bond motifs is 1. The minimum absolute atomic E-state index is 0.140. The highest BCUT2D eigenvalue weighted by Gasteiger charge is 2.35. The Morgan fingerprint density at radius 1 is 1.16 bits per heavy atom. The zero-order valence-electron chi connectivity index (χ0n) is 25.6. The highest BCUT2D eigenvalue weighted by Crippen LogP contribution is 2.42. The van der Waals surface area contributed by atoms with E-state index in [1.807, 2.05) is 44.2 Å². The molecule has 0 saturated heterocycles. The molecule has 0 aliphatic carbocycles. The van der Waals surface area contributed by atoms with Gasteiger partial charge >= 0.3 is 6.03 Å². The standard InChI is InChI=1S/C31H34ClN9O4/c1-38(2)12-7-10-27(42)34-22-9-6-8-20(14-22)18-41-29-21(17-33-30(36-29)35-26-11-13-39(3)37-26)19-40(31(41)43)24-15-23(44-4)16-25(45-5)28(24)32/h6-11,13-17H,12,18-19H2,1-5H3,(H,34,42)(H,33,35,36,37)/b10-7+. The minimum Gasteiger partial charge on any atom is -0.497 e. The Hall–Kier alpha value is -5.14. The van der Waals surface area contributed by atoms with Gasteiger partial charge in [0.25, 0.3) is 0 Å². The number of aryl methyl sites for hydroxylation is 1. The quantitative estimate of drug-likeness (QED) is 0.224. The molecule has 14 heteroatoms. The maximum Gasteiger partial charge on any atom is 0.330 e. The summed E-state index contributed by atoms with van der Waals surface area (Å²) in [6.45, 7) is 0.934. The van der Waals surface area contributed by atoms with Gasteiger partial charge in [0.2, 0.25) is 11.9 Å². The van der Waals surface area contributed by atoms with Gasteiger partial charge in [-0.05, 0) is 31.8 Å². The van der Waals surface area contributed by atoms with E-state index in [0.29, 0.717) is 46.6 Å². The van der Waals surface area contributed by atoms with Crippen molar-refractivity contribution in [3.8, 4) is 11.5 Å². The number of aromatic nitrogens is 4. The molecule has 5 rings (SSSR count). The molecule has 2 N–H and O–H groups in total. The van der Waals surface area contributed by atoms with E-state index in [4.69, 9.17) is 26.1 Å². The summed E-state index contributed by atoms with van der Waals surface area (Å²) in [5, 5.41) is 10.6. The summed E-state index contributed by atoms with van der Waals surface area (Å²) < 4.78 is 12.6. The first-order valence-electron chi connectivity index (χ1n) is 14.0. The number of benzene rings is 2. The largest absolute Gasteiger partial charge is 0.497 e. The first-order chi connectivity index (χ1) is 21.6. The number of halogens is 1. The SMILES string of the molecule is COc1cc(OC)c(Cl)c(N2Cc3cnc(Nc4ccn(C)n4)nc3N(Cc3cccc(NC(=O)/C=C/CN(C)C)c3)C2=O)c1. The fraction of sp³-hybridized carbons (Fsp3) is 0.258. The van der Waals surface area contributed by atoms with Crippen molar-refractivity contribution in [1.29, 1.82) is 0 Å². The molecule has 0 atom stereocenters. The minimum atomic E-state index is -0.372. The molecule has 0 fully saturated rings. The van der Waals surface area contributed by atoms with Crippen molar-refractivity contribution in [2.24, 2.45) is 7.05 Å². The van der Waals surface area contributed by atoms with Gasteiger partial charge in [-0.15, -0.1) is 0 Å². The number of carbonyl (C=O) groups is 2. The van der Waals surface area contributed by atoms with Crippen LogP contribution in [-0.4, -0.2) is 71.4 Å². The fourth-order valence-corrected chi connectivity index (χ4v) is 5.00. The van der Waals surface area contributed by atoms with Crippen molar-refractivity contribution in [2.45, 2.75) is 13.1 Å². The Morgan fingerprint density at radius 2 is 1.98 bits per heavy atom. The number of hydrogen-bond acceptors (Lipinski definition) is 9. The van der Waals surface area contributed by atoms with Crippen molar-refractivity contribution < 1.29 is 19.1 Å². The van der Waals surface area contributed by atoms with Crippen LogP contribution >= 0.6 is 11.6 Å². The van der Waals surface area contributed by atoms with Crippen molar-refractivity contribution >= 4 is 52.5 Å². The van der Waals surface area contributed by atoms with E-state index >= 15 is 0 Å². The summed E-state index contributed by atoms with van der Waals surface area (Å²) in [4.78, 5) is 41.0. The second kappa shape index (κ2) is 13.7. The Morgan fingerprint density at radius 3 is 2.69 bits per heavy atom. The van der Waals surface area contributed by atoms with Crippen molar-refractivity contribution in [3.05, 3.63) is 83.2 Å². The lowest BCUT2D eigenvalue weighted by molar-refractivity contribution is -0.111. The lowest BCUT2D eigenvalue weighted by Crippen LogP contribution is -2.47. The first-order valence-corrected chi connectivity index (χ1v) is 14.4. The average Bonchev–Trinajstić information content (AvgIpc) is 3.43. The van der Waals surface area contributed by atoms with Crippen LogP contribution in [0.1, 0.15) is 11.1 Å². The summed E-state index contributed by atoms with van der Waals surface area (Å²) in [7, 11) is 8.68. The number of ether oxygens (including phenoxy) is 2. The highest BCUT2D eigenvalue weighted by molar-refractivity contribution is 6.35. The monoisotopic (exact) mass is 631 g/mol. The third-order valence-corrected chi connectivity index (χ3v) is 7.24. The number of urea groups is 1. The van der Waals surface area contributed by atoms with Crippen LogP contribution in [0.2, 0.25) is 5.02 Å². The second-order valence-electron chi connectivity index (χ2n) is 10.5. The predicted molar refractivity (Wildman–Crippen MR) is 174 cm³/mol. The maximum atomic E-state index is 14.3. The zero-order valence-corrected chi connectivity index (χ0v) is 26.4. The van der Waals surface area contributed by atoms with Gasteiger partial charge in [-0.2, -0.15) is 10.1 Å². The van der Waals surface area contributed by atoms with Gasteiger partial charge in [-0.25, -0.2) is 9.78 Å². The number of amides is 3. The normalized spacial score (nSPS) is 12.9. The van der Waals surface area contributed by atoms with Crippen LogP contribution in [0, 0.1) is 0 Å². The molecule has 1 aliphatic rings. The number of likely N-dealkylation sites (N-methyl/N-ethyl adjacent to an activating group) is 1. The maximum absolute atomic E-state index is 14.3. The second-order valence-corrected chi connectivity index (χ2v) is 10.9. The van der Waals surface area contributed by atoms with Gasteiger partial charge in [-0.1, -0.05) is 29.8 Å². The van der Waals surface area contributed by atoms with E-state index in [9.17, 15) is 9.59 Å². The molecular weight excluding hydrogens is 598 g/mol. The molecule has 0 saturated carbocycles. The first kappa shape index (κ1) is 31.3. The molecule has 1 aliphatic heterocycles.